The first kappa shape index (κ1) is 14.5. The Morgan fingerprint density at radius 2 is 1.85 bits per heavy atom. The van der Waals surface area contributed by atoms with Crippen molar-refractivity contribution in [2.75, 3.05) is 19.0 Å². The lowest BCUT2D eigenvalue weighted by molar-refractivity contribution is 0.652. The van der Waals surface area contributed by atoms with Gasteiger partial charge in [0.25, 0.3) is 0 Å². The first-order valence-electron chi connectivity index (χ1n) is 7.01. The molecule has 1 atom stereocenters. The smallest absolute Gasteiger partial charge is 0.0600 e. The fourth-order valence-electron chi connectivity index (χ4n) is 2.21. The first-order valence-corrected chi connectivity index (χ1v) is 7.01. The molecule has 0 aliphatic heterocycles. The van der Waals surface area contributed by atoms with Crippen molar-refractivity contribution in [3.05, 3.63) is 59.4 Å². The molecule has 0 aliphatic carbocycles. The maximum atomic E-state index is 4.55. The van der Waals surface area contributed by atoms with E-state index >= 15 is 0 Å². The van der Waals surface area contributed by atoms with E-state index in [2.05, 4.69) is 65.6 Å². The molecule has 106 valence electrons. The predicted molar refractivity (Wildman–Crippen MR) is 85.0 cm³/mol. The second-order valence-electron chi connectivity index (χ2n) is 5.23. The molecule has 0 aliphatic rings. The van der Waals surface area contributed by atoms with Crippen molar-refractivity contribution in [1.29, 1.82) is 0 Å². The summed E-state index contributed by atoms with van der Waals surface area (Å²) in [4.78, 5) is 6.76. The summed E-state index contributed by atoms with van der Waals surface area (Å²) in [5, 5.41) is 3.25. The zero-order valence-electron chi connectivity index (χ0n) is 12.7. The van der Waals surface area contributed by atoms with Crippen LogP contribution in [0.4, 0.5) is 5.69 Å². The van der Waals surface area contributed by atoms with Gasteiger partial charge in [-0.2, -0.15) is 0 Å². The Labute approximate surface area is 121 Å². The van der Waals surface area contributed by atoms with E-state index in [4.69, 9.17) is 0 Å². The first-order chi connectivity index (χ1) is 9.60. The van der Waals surface area contributed by atoms with Crippen LogP contribution in [0.3, 0.4) is 0 Å². The molecule has 0 bridgehead atoms. The van der Waals surface area contributed by atoms with Gasteiger partial charge in [0.15, 0.2) is 0 Å². The predicted octanol–water partition coefficient (Wildman–Crippen LogP) is 3.31. The van der Waals surface area contributed by atoms with Gasteiger partial charge in [0.2, 0.25) is 0 Å². The SMILES string of the molecule is CNC(C)c1ccc(N(C)Cc2cccc(C)n2)cc1. The van der Waals surface area contributed by atoms with E-state index in [1.54, 1.807) is 0 Å². The van der Waals surface area contributed by atoms with Crippen LogP contribution in [-0.2, 0) is 6.54 Å². The molecule has 0 spiro atoms. The molecule has 1 aromatic carbocycles. The third-order valence-corrected chi connectivity index (χ3v) is 3.61. The van der Waals surface area contributed by atoms with Gasteiger partial charge in [-0.1, -0.05) is 18.2 Å². The van der Waals surface area contributed by atoms with Crippen LogP contribution in [0.25, 0.3) is 0 Å². The van der Waals surface area contributed by atoms with E-state index in [1.807, 2.05) is 20.0 Å². The van der Waals surface area contributed by atoms with Gasteiger partial charge >= 0.3 is 0 Å². The number of aryl methyl sites for hydroxylation is 1. The molecule has 1 aromatic heterocycles. The minimum atomic E-state index is 0.382. The number of nitrogens with one attached hydrogen (secondary N) is 1. The van der Waals surface area contributed by atoms with Crippen LogP contribution in [0.15, 0.2) is 42.5 Å². The molecule has 2 rings (SSSR count). The molecule has 3 heteroatoms. The Hall–Kier alpha value is -1.87. The molecule has 0 saturated heterocycles. The van der Waals surface area contributed by atoms with E-state index in [0.29, 0.717) is 6.04 Å². The summed E-state index contributed by atoms with van der Waals surface area (Å²) in [6, 6.07) is 15.2. The molecule has 3 nitrogen and oxygen atoms in total. The molecule has 1 unspecified atom stereocenters. The number of nitrogens with zero attached hydrogens (tertiary/aromatic N) is 2. The number of aromatic nitrogens is 1. The summed E-state index contributed by atoms with van der Waals surface area (Å²) in [5.74, 6) is 0. The van der Waals surface area contributed by atoms with E-state index < -0.39 is 0 Å². The monoisotopic (exact) mass is 269 g/mol. The average Bonchev–Trinajstić information content (AvgIpc) is 2.46. The summed E-state index contributed by atoms with van der Waals surface area (Å²) < 4.78 is 0. The minimum Gasteiger partial charge on any atom is -0.369 e. The Balaban J connectivity index is 2.07. The van der Waals surface area contributed by atoms with E-state index in [-0.39, 0.29) is 0 Å². The maximum Gasteiger partial charge on any atom is 0.0600 e. The highest BCUT2D eigenvalue weighted by molar-refractivity contribution is 5.47. The summed E-state index contributed by atoms with van der Waals surface area (Å²) in [5.41, 5.74) is 4.67. The summed E-state index contributed by atoms with van der Waals surface area (Å²) >= 11 is 0. The van der Waals surface area contributed by atoms with Crippen LogP contribution in [0.5, 0.6) is 0 Å². The Kier molecular flexibility index (Phi) is 4.74. The lowest BCUT2D eigenvalue weighted by Gasteiger charge is -2.20. The number of hydrogen-bond donors (Lipinski definition) is 1. The van der Waals surface area contributed by atoms with Gasteiger partial charge in [0.1, 0.15) is 0 Å². The number of hydrogen-bond acceptors (Lipinski definition) is 3. The van der Waals surface area contributed by atoms with Gasteiger partial charge in [-0.25, -0.2) is 0 Å². The standard InChI is InChI=1S/C17H23N3/c1-13-6-5-7-16(19-13)12-20(4)17-10-8-15(9-11-17)14(2)18-3/h5-11,14,18H,12H2,1-4H3. The number of anilines is 1. The van der Waals surface area contributed by atoms with Crippen LogP contribution < -0.4 is 10.2 Å². The summed E-state index contributed by atoms with van der Waals surface area (Å²) in [7, 11) is 4.08. The molecular weight excluding hydrogens is 246 g/mol. The molecule has 0 amide bonds. The van der Waals surface area contributed by atoms with Gasteiger partial charge in [0.05, 0.1) is 12.2 Å². The topological polar surface area (TPSA) is 28.2 Å². The van der Waals surface area contributed by atoms with Crippen molar-refractivity contribution in [3.8, 4) is 0 Å². The summed E-state index contributed by atoms with van der Waals surface area (Å²) in [6.45, 7) is 5.01. The maximum absolute atomic E-state index is 4.55. The third kappa shape index (κ3) is 3.58. The third-order valence-electron chi connectivity index (χ3n) is 3.61. The second kappa shape index (κ2) is 6.53. The highest BCUT2D eigenvalue weighted by Crippen LogP contribution is 2.19. The van der Waals surface area contributed by atoms with Gasteiger partial charge in [0, 0.05) is 24.5 Å². The van der Waals surface area contributed by atoms with Crippen LogP contribution in [0, 0.1) is 6.92 Å². The molecule has 1 N–H and O–H groups in total. The van der Waals surface area contributed by atoms with Gasteiger partial charge in [-0.15, -0.1) is 0 Å². The van der Waals surface area contributed by atoms with E-state index in [9.17, 15) is 0 Å². The van der Waals surface area contributed by atoms with Gasteiger partial charge in [-0.05, 0) is 50.7 Å². The molecule has 0 radical (unpaired) electrons. The van der Waals surface area contributed by atoms with Gasteiger partial charge < -0.3 is 10.2 Å². The Bertz CT molecular complexity index is 548. The quantitative estimate of drug-likeness (QED) is 0.902. The van der Waals surface area contributed by atoms with Crippen LogP contribution in [0.2, 0.25) is 0 Å². The zero-order valence-corrected chi connectivity index (χ0v) is 12.7. The summed E-state index contributed by atoms with van der Waals surface area (Å²) in [6.07, 6.45) is 0. The fourth-order valence-corrected chi connectivity index (χ4v) is 2.21. The van der Waals surface area contributed by atoms with Crippen LogP contribution in [-0.4, -0.2) is 19.1 Å². The van der Waals surface area contributed by atoms with Gasteiger partial charge in [-0.3, -0.25) is 4.98 Å². The van der Waals surface area contributed by atoms with Crippen molar-refractivity contribution >= 4 is 5.69 Å². The average molecular weight is 269 g/mol. The van der Waals surface area contributed by atoms with E-state index in [0.717, 1.165) is 17.9 Å². The zero-order chi connectivity index (χ0) is 14.5. The largest absolute Gasteiger partial charge is 0.369 e. The molecule has 1 heterocycles. The van der Waals surface area contributed by atoms with Crippen molar-refractivity contribution < 1.29 is 0 Å². The van der Waals surface area contributed by atoms with Crippen LogP contribution in [0.1, 0.15) is 29.9 Å². The number of benzene rings is 1. The highest BCUT2D eigenvalue weighted by Gasteiger charge is 2.06. The molecule has 0 fully saturated rings. The second-order valence-corrected chi connectivity index (χ2v) is 5.23. The molecule has 20 heavy (non-hydrogen) atoms. The Morgan fingerprint density at radius 1 is 1.15 bits per heavy atom. The number of rotatable bonds is 5. The minimum absolute atomic E-state index is 0.382. The number of pyridine rings is 1. The Morgan fingerprint density at radius 3 is 2.45 bits per heavy atom. The normalized spacial score (nSPS) is 12.2. The van der Waals surface area contributed by atoms with Crippen LogP contribution >= 0.6 is 0 Å². The fraction of sp³-hybridized carbons (Fsp3) is 0.353. The molecule has 2 aromatic rings. The molecular formula is C17H23N3. The lowest BCUT2D eigenvalue weighted by Crippen LogP contribution is -2.18. The highest BCUT2D eigenvalue weighted by atomic mass is 15.1. The van der Waals surface area contributed by atoms with Crippen molar-refractivity contribution in [2.45, 2.75) is 26.4 Å². The van der Waals surface area contributed by atoms with E-state index in [1.165, 1.54) is 11.3 Å². The van der Waals surface area contributed by atoms with Crippen molar-refractivity contribution in [1.82, 2.24) is 10.3 Å². The lowest BCUT2D eigenvalue weighted by atomic mass is 10.1. The molecule has 0 saturated carbocycles. The van der Waals surface area contributed by atoms with Crippen molar-refractivity contribution in [3.63, 3.8) is 0 Å². The van der Waals surface area contributed by atoms with Crippen molar-refractivity contribution in [2.24, 2.45) is 0 Å².